The van der Waals surface area contributed by atoms with Crippen LogP contribution in [0.15, 0.2) is 18.2 Å². The third-order valence-electron chi connectivity index (χ3n) is 5.51. The highest BCUT2D eigenvalue weighted by molar-refractivity contribution is 6.35. The van der Waals surface area contributed by atoms with E-state index in [-0.39, 0.29) is 11.8 Å². The Bertz CT molecular complexity index is 551. The summed E-state index contributed by atoms with van der Waals surface area (Å²) in [5, 5.41) is 4.63. The van der Waals surface area contributed by atoms with E-state index in [1.54, 1.807) is 0 Å². The van der Waals surface area contributed by atoms with Crippen LogP contribution >= 0.6 is 23.2 Å². The lowest BCUT2D eigenvalue weighted by atomic mass is 9.94. The Morgan fingerprint density at radius 3 is 2.46 bits per heavy atom. The van der Waals surface area contributed by atoms with E-state index in [0.29, 0.717) is 5.92 Å². The Kier molecular flexibility index (Phi) is 9.24. The van der Waals surface area contributed by atoms with Gasteiger partial charge in [0.1, 0.15) is 0 Å². The molecule has 1 saturated heterocycles. The third kappa shape index (κ3) is 6.44. The SMILES string of the molecule is CCCC[C@H](CC)CNC(=O)C1CCN(Cc2c(Cl)cccc2Cl)CC1. The maximum atomic E-state index is 12.5. The first-order chi connectivity index (χ1) is 12.5. The summed E-state index contributed by atoms with van der Waals surface area (Å²) in [6.07, 6.45) is 6.62. The molecule has 1 aromatic rings. The van der Waals surface area contributed by atoms with Crippen LogP contribution < -0.4 is 5.32 Å². The standard InChI is InChI=1S/C21H32Cl2N2O/c1-3-5-7-16(4-2)14-24-21(26)17-10-12-25(13-11-17)15-18-19(22)8-6-9-20(18)23/h6,8-9,16-17H,3-5,7,10-15H2,1-2H3,(H,24,26)/t16-/m0/s1. The second-order valence-corrected chi connectivity index (χ2v) is 8.23. The van der Waals surface area contributed by atoms with Gasteiger partial charge in [-0.2, -0.15) is 0 Å². The predicted octanol–water partition coefficient (Wildman–Crippen LogP) is 5.54. The van der Waals surface area contributed by atoms with Crippen LogP contribution in [0.2, 0.25) is 10.0 Å². The van der Waals surface area contributed by atoms with Gasteiger partial charge in [0.25, 0.3) is 0 Å². The van der Waals surface area contributed by atoms with Crippen LogP contribution in [0, 0.1) is 11.8 Å². The molecule has 0 spiro atoms. The number of nitrogens with zero attached hydrogens (tertiary/aromatic N) is 1. The van der Waals surface area contributed by atoms with Crippen molar-refractivity contribution in [2.45, 2.75) is 58.9 Å². The first kappa shape index (κ1) is 21.5. The highest BCUT2D eigenvalue weighted by Crippen LogP contribution is 2.27. The molecular weight excluding hydrogens is 367 g/mol. The summed E-state index contributed by atoms with van der Waals surface area (Å²) < 4.78 is 0. The monoisotopic (exact) mass is 398 g/mol. The number of nitrogens with one attached hydrogen (secondary N) is 1. The van der Waals surface area contributed by atoms with Crippen LogP contribution in [-0.4, -0.2) is 30.4 Å². The zero-order valence-electron chi connectivity index (χ0n) is 16.1. The summed E-state index contributed by atoms with van der Waals surface area (Å²) in [5.74, 6) is 0.980. The number of unbranched alkanes of at least 4 members (excludes halogenated alkanes) is 1. The lowest BCUT2D eigenvalue weighted by Gasteiger charge is -2.32. The summed E-state index contributed by atoms with van der Waals surface area (Å²) in [6, 6.07) is 5.63. The van der Waals surface area contributed by atoms with Gasteiger partial charge in [0.15, 0.2) is 0 Å². The number of halogens is 2. The van der Waals surface area contributed by atoms with Crippen molar-refractivity contribution in [3.63, 3.8) is 0 Å². The van der Waals surface area contributed by atoms with Gasteiger partial charge in [-0.3, -0.25) is 9.69 Å². The molecule has 0 saturated carbocycles. The minimum absolute atomic E-state index is 0.136. The molecule has 1 aliphatic rings. The maximum absolute atomic E-state index is 12.5. The van der Waals surface area contributed by atoms with Crippen molar-refractivity contribution in [3.05, 3.63) is 33.8 Å². The van der Waals surface area contributed by atoms with E-state index in [1.165, 1.54) is 19.3 Å². The summed E-state index contributed by atoms with van der Waals surface area (Å²) in [6.45, 7) is 7.83. The molecule has 1 atom stereocenters. The highest BCUT2D eigenvalue weighted by atomic mass is 35.5. The fourth-order valence-electron chi connectivity index (χ4n) is 3.59. The van der Waals surface area contributed by atoms with Crippen molar-refractivity contribution in [1.29, 1.82) is 0 Å². The average Bonchev–Trinajstić information content (AvgIpc) is 2.65. The van der Waals surface area contributed by atoms with Crippen molar-refractivity contribution in [2.75, 3.05) is 19.6 Å². The smallest absolute Gasteiger partial charge is 0.223 e. The quantitative estimate of drug-likeness (QED) is 0.592. The molecule has 1 aromatic carbocycles. The van der Waals surface area contributed by atoms with Gasteiger partial charge in [-0.15, -0.1) is 0 Å². The first-order valence-corrected chi connectivity index (χ1v) is 10.7. The number of hydrogen-bond donors (Lipinski definition) is 1. The molecule has 146 valence electrons. The molecule has 0 aromatic heterocycles. The lowest BCUT2D eigenvalue weighted by molar-refractivity contribution is -0.126. The minimum Gasteiger partial charge on any atom is -0.356 e. The number of hydrogen-bond acceptors (Lipinski definition) is 2. The van der Waals surface area contributed by atoms with E-state index < -0.39 is 0 Å². The van der Waals surface area contributed by atoms with Crippen molar-refractivity contribution < 1.29 is 4.79 Å². The summed E-state index contributed by atoms with van der Waals surface area (Å²) in [4.78, 5) is 14.8. The zero-order valence-corrected chi connectivity index (χ0v) is 17.6. The lowest BCUT2D eigenvalue weighted by Crippen LogP contribution is -2.41. The molecule has 1 fully saturated rings. The number of benzene rings is 1. The molecule has 2 rings (SSSR count). The number of likely N-dealkylation sites (tertiary alicyclic amines) is 1. The zero-order chi connectivity index (χ0) is 18.9. The van der Waals surface area contributed by atoms with E-state index in [2.05, 4.69) is 24.1 Å². The number of amides is 1. The Hall–Kier alpha value is -0.770. The van der Waals surface area contributed by atoms with E-state index in [0.717, 1.165) is 61.1 Å². The molecular formula is C21H32Cl2N2O. The number of carbonyl (C=O) groups excluding carboxylic acids is 1. The molecule has 0 aliphatic carbocycles. The highest BCUT2D eigenvalue weighted by Gasteiger charge is 2.25. The van der Waals surface area contributed by atoms with Crippen molar-refractivity contribution in [3.8, 4) is 0 Å². The van der Waals surface area contributed by atoms with Gasteiger partial charge in [0.2, 0.25) is 5.91 Å². The van der Waals surface area contributed by atoms with E-state index in [9.17, 15) is 4.79 Å². The normalized spacial score (nSPS) is 17.2. The molecule has 1 aliphatic heterocycles. The van der Waals surface area contributed by atoms with Gasteiger partial charge >= 0.3 is 0 Å². The van der Waals surface area contributed by atoms with Crippen molar-refractivity contribution in [2.24, 2.45) is 11.8 Å². The van der Waals surface area contributed by atoms with Gasteiger partial charge in [-0.05, 0) is 50.4 Å². The second kappa shape index (κ2) is 11.2. The third-order valence-corrected chi connectivity index (χ3v) is 6.22. The molecule has 1 amide bonds. The molecule has 1 N–H and O–H groups in total. The molecule has 3 nitrogen and oxygen atoms in total. The van der Waals surface area contributed by atoms with E-state index in [1.807, 2.05) is 18.2 Å². The van der Waals surface area contributed by atoms with Gasteiger partial charge in [-0.1, -0.05) is 62.4 Å². The van der Waals surface area contributed by atoms with Gasteiger partial charge in [0, 0.05) is 34.6 Å². The number of piperidine rings is 1. The van der Waals surface area contributed by atoms with Gasteiger partial charge < -0.3 is 5.32 Å². The fraction of sp³-hybridized carbons (Fsp3) is 0.667. The predicted molar refractivity (Wildman–Crippen MR) is 111 cm³/mol. The largest absolute Gasteiger partial charge is 0.356 e. The molecule has 26 heavy (non-hydrogen) atoms. The average molecular weight is 399 g/mol. The van der Waals surface area contributed by atoms with Crippen molar-refractivity contribution in [1.82, 2.24) is 10.2 Å². The number of rotatable bonds is 9. The van der Waals surface area contributed by atoms with Crippen molar-refractivity contribution >= 4 is 29.1 Å². The van der Waals surface area contributed by atoms with Crippen LogP contribution in [0.5, 0.6) is 0 Å². The summed E-state index contributed by atoms with van der Waals surface area (Å²) >= 11 is 12.5. The fourth-order valence-corrected chi connectivity index (χ4v) is 4.11. The topological polar surface area (TPSA) is 32.3 Å². The van der Waals surface area contributed by atoms with Gasteiger partial charge in [-0.25, -0.2) is 0 Å². The summed E-state index contributed by atoms with van der Waals surface area (Å²) in [7, 11) is 0. The molecule has 0 unspecified atom stereocenters. The second-order valence-electron chi connectivity index (χ2n) is 7.41. The van der Waals surface area contributed by atoms with E-state index >= 15 is 0 Å². The molecule has 0 radical (unpaired) electrons. The molecule has 1 heterocycles. The van der Waals surface area contributed by atoms with Crippen LogP contribution in [0.1, 0.15) is 57.9 Å². The Morgan fingerprint density at radius 1 is 1.23 bits per heavy atom. The summed E-state index contributed by atoms with van der Waals surface area (Å²) in [5.41, 5.74) is 0.987. The maximum Gasteiger partial charge on any atom is 0.223 e. The molecule has 5 heteroatoms. The first-order valence-electron chi connectivity index (χ1n) is 9.98. The Labute approximate surface area is 168 Å². The van der Waals surface area contributed by atoms with Gasteiger partial charge in [0.05, 0.1) is 0 Å². The van der Waals surface area contributed by atoms with Crippen LogP contribution in [-0.2, 0) is 11.3 Å². The van der Waals surface area contributed by atoms with Crippen LogP contribution in [0.4, 0.5) is 0 Å². The minimum atomic E-state index is 0.136. The Balaban J connectivity index is 1.76. The van der Waals surface area contributed by atoms with E-state index in [4.69, 9.17) is 23.2 Å². The van der Waals surface area contributed by atoms with Crippen LogP contribution in [0.3, 0.4) is 0 Å². The van der Waals surface area contributed by atoms with Crippen LogP contribution in [0.25, 0.3) is 0 Å². The number of carbonyl (C=O) groups is 1. The molecule has 0 bridgehead atoms. The Morgan fingerprint density at radius 2 is 1.88 bits per heavy atom.